The molecule has 152 valence electrons. The predicted molar refractivity (Wildman–Crippen MR) is 107 cm³/mol. The molecule has 28 heavy (non-hydrogen) atoms. The number of hydrogen-bond donors (Lipinski definition) is 4. The second-order valence-corrected chi connectivity index (χ2v) is 7.76. The lowest BCUT2D eigenvalue weighted by atomic mass is 9.75. The van der Waals surface area contributed by atoms with Gasteiger partial charge < -0.3 is 25.5 Å². The molecule has 1 aromatic carbocycles. The van der Waals surface area contributed by atoms with Gasteiger partial charge in [0.2, 0.25) is 6.10 Å². The molecular weight excluding hydrogens is 408 g/mol. The first-order valence-corrected chi connectivity index (χ1v) is 9.54. The van der Waals surface area contributed by atoms with Crippen molar-refractivity contribution < 1.29 is 24.5 Å². The smallest absolute Gasteiger partial charge is 0.426 e. The van der Waals surface area contributed by atoms with Crippen LogP contribution in [0.15, 0.2) is 23.4 Å². The minimum atomic E-state index is -1.67. The molecule has 0 spiro atoms. The van der Waals surface area contributed by atoms with Crippen LogP contribution in [0.25, 0.3) is 0 Å². The second kappa shape index (κ2) is 10.1. The SMILES string of the molecule is CC(C)C[C@H](NC(=O)C1CC(CNC(=O)c2cc(Cl)ccc2Cl)=NO1)B(O)O. The summed E-state index contributed by atoms with van der Waals surface area (Å²) in [5, 5.41) is 28.5. The summed E-state index contributed by atoms with van der Waals surface area (Å²) in [5.41, 5.74) is 0.702. The fraction of sp³-hybridized carbons (Fsp3) is 0.471. The Morgan fingerprint density at radius 3 is 2.71 bits per heavy atom. The van der Waals surface area contributed by atoms with Crippen LogP contribution < -0.4 is 10.6 Å². The summed E-state index contributed by atoms with van der Waals surface area (Å²) in [4.78, 5) is 29.6. The monoisotopic (exact) mass is 429 g/mol. The van der Waals surface area contributed by atoms with Gasteiger partial charge in [-0.3, -0.25) is 9.59 Å². The minimum absolute atomic E-state index is 0.0729. The molecule has 2 amide bonds. The zero-order chi connectivity index (χ0) is 20.8. The summed E-state index contributed by atoms with van der Waals surface area (Å²) >= 11 is 11.9. The molecule has 0 aromatic heterocycles. The Bertz CT molecular complexity index is 760. The van der Waals surface area contributed by atoms with Crippen molar-refractivity contribution >= 4 is 47.8 Å². The average Bonchev–Trinajstić information content (AvgIpc) is 3.09. The van der Waals surface area contributed by atoms with Gasteiger partial charge in [0.25, 0.3) is 11.8 Å². The van der Waals surface area contributed by atoms with E-state index in [0.717, 1.165) is 0 Å². The zero-order valence-electron chi connectivity index (χ0n) is 15.5. The Morgan fingerprint density at radius 2 is 2.07 bits per heavy atom. The molecule has 4 N–H and O–H groups in total. The van der Waals surface area contributed by atoms with Gasteiger partial charge in [0.15, 0.2) is 0 Å². The second-order valence-electron chi connectivity index (χ2n) is 6.92. The quantitative estimate of drug-likeness (QED) is 0.465. The third-order valence-corrected chi connectivity index (χ3v) is 4.63. The predicted octanol–water partition coefficient (Wildman–Crippen LogP) is 1.41. The van der Waals surface area contributed by atoms with Crippen molar-refractivity contribution in [1.29, 1.82) is 0 Å². The molecule has 0 bridgehead atoms. The van der Waals surface area contributed by atoms with E-state index in [0.29, 0.717) is 17.2 Å². The molecule has 0 saturated heterocycles. The molecule has 1 aromatic rings. The molecule has 8 nitrogen and oxygen atoms in total. The first-order chi connectivity index (χ1) is 13.2. The fourth-order valence-electron chi connectivity index (χ4n) is 2.66. The summed E-state index contributed by atoms with van der Waals surface area (Å²) in [6.45, 7) is 3.89. The van der Waals surface area contributed by atoms with Crippen LogP contribution in [-0.4, -0.2) is 53.3 Å². The zero-order valence-corrected chi connectivity index (χ0v) is 17.0. The maximum absolute atomic E-state index is 12.3. The number of nitrogens with zero attached hydrogens (tertiary/aromatic N) is 1. The van der Waals surface area contributed by atoms with Crippen LogP contribution in [0.2, 0.25) is 10.0 Å². The maximum Gasteiger partial charge on any atom is 0.475 e. The Kier molecular flexibility index (Phi) is 8.12. The molecule has 2 rings (SSSR count). The summed E-state index contributed by atoms with van der Waals surface area (Å²) in [5.74, 6) is -1.56. The standard InChI is InChI=1S/C17H22BCl2N3O5/c1-9(2)5-15(18(26)27)22-17(25)14-7-11(23-28-14)8-21-16(24)12-6-10(19)3-4-13(12)20/h3-4,6,9,14-15,26-27H,5,7-8H2,1-2H3,(H,21,24)(H,22,25)/t14?,15-/m0/s1. The number of carbonyl (C=O) groups excluding carboxylic acids is 2. The topological polar surface area (TPSA) is 120 Å². The van der Waals surface area contributed by atoms with Crippen molar-refractivity contribution in [3.8, 4) is 0 Å². The number of halogens is 2. The third-order valence-electron chi connectivity index (χ3n) is 4.06. The number of carbonyl (C=O) groups is 2. The van der Waals surface area contributed by atoms with Crippen molar-refractivity contribution in [2.24, 2.45) is 11.1 Å². The lowest BCUT2D eigenvalue weighted by molar-refractivity contribution is -0.131. The number of benzene rings is 1. The molecule has 2 atom stereocenters. The van der Waals surface area contributed by atoms with Gasteiger partial charge in [-0.1, -0.05) is 42.2 Å². The van der Waals surface area contributed by atoms with Crippen molar-refractivity contribution in [2.45, 2.75) is 38.7 Å². The van der Waals surface area contributed by atoms with E-state index in [9.17, 15) is 19.6 Å². The van der Waals surface area contributed by atoms with E-state index in [-0.39, 0.29) is 29.5 Å². The molecule has 1 aliphatic rings. The van der Waals surface area contributed by atoms with Gasteiger partial charge in [-0.15, -0.1) is 0 Å². The van der Waals surface area contributed by atoms with Gasteiger partial charge in [0.1, 0.15) is 0 Å². The lowest BCUT2D eigenvalue weighted by Crippen LogP contribution is -2.50. The minimum Gasteiger partial charge on any atom is -0.426 e. The summed E-state index contributed by atoms with van der Waals surface area (Å²) < 4.78 is 0. The first kappa shape index (κ1) is 22.5. The van der Waals surface area contributed by atoms with Gasteiger partial charge in [0, 0.05) is 11.4 Å². The fourth-order valence-corrected chi connectivity index (χ4v) is 3.03. The Hall–Kier alpha value is -1.81. The van der Waals surface area contributed by atoms with E-state index >= 15 is 0 Å². The van der Waals surface area contributed by atoms with E-state index < -0.39 is 31.0 Å². The molecule has 0 saturated carbocycles. The third kappa shape index (κ3) is 6.37. The maximum atomic E-state index is 12.3. The normalized spacial score (nSPS) is 17.0. The van der Waals surface area contributed by atoms with Crippen molar-refractivity contribution in [3.05, 3.63) is 33.8 Å². The van der Waals surface area contributed by atoms with Crippen molar-refractivity contribution in [1.82, 2.24) is 10.6 Å². The molecule has 1 heterocycles. The van der Waals surface area contributed by atoms with E-state index in [2.05, 4.69) is 15.8 Å². The van der Waals surface area contributed by atoms with E-state index in [4.69, 9.17) is 28.0 Å². The van der Waals surface area contributed by atoms with Crippen LogP contribution in [0.5, 0.6) is 0 Å². The lowest BCUT2D eigenvalue weighted by Gasteiger charge is -2.20. The number of rotatable bonds is 8. The van der Waals surface area contributed by atoms with Crippen molar-refractivity contribution in [3.63, 3.8) is 0 Å². The van der Waals surface area contributed by atoms with Crippen LogP contribution in [0.4, 0.5) is 0 Å². The van der Waals surface area contributed by atoms with Gasteiger partial charge in [-0.25, -0.2) is 0 Å². The molecule has 1 unspecified atom stereocenters. The largest absolute Gasteiger partial charge is 0.475 e. The highest BCUT2D eigenvalue weighted by atomic mass is 35.5. The first-order valence-electron chi connectivity index (χ1n) is 8.78. The average molecular weight is 430 g/mol. The van der Waals surface area contributed by atoms with Gasteiger partial charge in [-0.2, -0.15) is 0 Å². The van der Waals surface area contributed by atoms with Crippen molar-refractivity contribution in [2.75, 3.05) is 6.54 Å². The van der Waals surface area contributed by atoms with Crippen LogP contribution in [0, 0.1) is 5.92 Å². The van der Waals surface area contributed by atoms with Crippen LogP contribution >= 0.6 is 23.2 Å². The number of nitrogens with one attached hydrogen (secondary N) is 2. The Morgan fingerprint density at radius 1 is 1.36 bits per heavy atom. The van der Waals surface area contributed by atoms with Gasteiger partial charge >= 0.3 is 7.12 Å². The molecule has 11 heteroatoms. The molecular formula is C17H22BCl2N3O5. The number of hydrogen-bond acceptors (Lipinski definition) is 6. The van der Waals surface area contributed by atoms with E-state index in [1.165, 1.54) is 12.1 Å². The summed E-state index contributed by atoms with van der Waals surface area (Å²) in [6, 6.07) is 4.56. The Labute approximate surface area is 173 Å². The van der Waals surface area contributed by atoms with Crippen LogP contribution in [0.1, 0.15) is 37.0 Å². The summed E-state index contributed by atoms with van der Waals surface area (Å²) in [7, 11) is -1.67. The van der Waals surface area contributed by atoms with Crippen LogP contribution in [0.3, 0.4) is 0 Å². The summed E-state index contributed by atoms with van der Waals surface area (Å²) in [6.07, 6.45) is -0.318. The molecule has 1 aliphatic heterocycles. The molecule has 0 aliphatic carbocycles. The highest BCUT2D eigenvalue weighted by Gasteiger charge is 2.33. The number of oxime groups is 1. The Balaban J connectivity index is 1.85. The molecule has 0 fully saturated rings. The van der Waals surface area contributed by atoms with Gasteiger partial charge in [-0.05, 0) is 30.5 Å². The number of amides is 2. The highest BCUT2D eigenvalue weighted by Crippen LogP contribution is 2.20. The molecule has 0 radical (unpaired) electrons. The highest BCUT2D eigenvalue weighted by molar-refractivity contribution is 6.43. The van der Waals surface area contributed by atoms with Crippen LogP contribution in [-0.2, 0) is 9.63 Å². The van der Waals surface area contributed by atoms with Gasteiger partial charge in [0.05, 0.1) is 28.8 Å². The van der Waals surface area contributed by atoms with E-state index in [1.807, 2.05) is 13.8 Å². The van der Waals surface area contributed by atoms with E-state index in [1.54, 1.807) is 6.07 Å².